The van der Waals surface area contributed by atoms with Crippen LogP contribution in [0.4, 0.5) is 0 Å². The van der Waals surface area contributed by atoms with Gasteiger partial charge in [0, 0.05) is 17.2 Å². The summed E-state index contributed by atoms with van der Waals surface area (Å²) in [6.45, 7) is 8.28. The van der Waals surface area contributed by atoms with Crippen LogP contribution < -0.4 is 0 Å². The van der Waals surface area contributed by atoms with E-state index in [9.17, 15) is 14.4 Å². The molecule has 0 aliphatic carbocycles. The molecule has 0 aliphatic rings. The van der Waals surface area contributed by atoms with Crippen LogP contribution in [-0.2, 0) is 19.1 Å². The molecule has 2 N–H and O–H groups in total. The Labute approximate surface area is 112 Å². The molecule has 108 valence electrons. The molecule has 0 bridgehead atoms. The maximum atomic E-state index is 10.9. The first-order chi connectivity index (χ1) is 8.72. The zero-order valence-electron chi connectivity index (χ0n) is 11.4. The lowest BCUT2D eigenvalue weighted by Gasteiger charge is -1.99. The number of carbonyl (C=O) groups is 3. The van der Waals surface area contributed by atoms with Crippen molar-refractivity contribution in [3.05, 3.63) is 23.8 Å². The second-order valence-electron chi connectivity index (χ2n) is 3.74. The van der Waals surface area contributed by atoms with Gasteiger partial charge in [-0.3, -0.25) is 0 Å². The summed E-state index contributed by atoms with van der Waals surface area (Å²) in [5, 5.41) is 16.3. The SMILES string of the molecule is C=C(C)C(=O)O.CCCCOC(=O)C=C(C)C(=O)O. The van der Waals surface area contributed by atoms with E-state index in [-0.39, 0.29) is 11.1 Å². The Bertz CT molecular complexity index is 355. The van der Waals surface area contributed by atoms with Crippen LogP contribution in [0.3, 0.4) is 0 Å². The third kappa shape index (κ3) is 13.8. The van der Waals surface area contributed by atoms with E-state index in [1.807, 2.05) is 6.92 Å². The summed E-state index contributed by atoms with van der Waals surface area (Å²) in [7, 11) is 0. The fraction of sp³-hybridized carbons (Fsp3) is 0.462. The number of rotatable bonds is 6. The van der Waals surface area contributed by atoms with E-state index in [0.29, 0.717) is 6.61 Å². The molecular formula is C13H20O6. The first-order valence-corrected chi connectivity index (χ1v) is 5.69. The molecule has 0 aromatic carbocycles. The van der Waals surface area contributed by atoms with Gasteiger partial charge in [-0.1, -0.05) is 19.9 Å². The summed E-state index contributed by atoms with van der Waals surface area (Å²) in [5.41, 5.74) is 0.163. The van der Waals surface area contributed by atoms with Crippen molar-refractivity contribution in [3.63, 3.8) is 0 Å². The monoisotopic (exact) mass is 272 g/mol. The van der Waals surface area contributed by atoms with Crippen molar-refractivity contribution in [2.45, 2.75) is 33.6 Å². The van der Waals surface area contributed by atoms with Crippen LogP contribution in [0.2, 0.25) is 0 Å². The van der Waals surface area contributed by atoms with Gasteiger partial charge in [-0.2, -0.15) is 0 Å². The molecule has 0 aromatic heterocycles. The number of carbonyl (C=O) groups excluding carboxylic acids is 1. The first kappa shape index (κ1) is 19.2. The standard InChI is InChI=1S/C9H14O4.C4H6O2/c1-3-4-5-13-8(10)6-7(2)9(11)12;1-3(2)4(5)6/h6H,3-5H2,1-2H3,(H,11,12);1H2,2H3,(H,5,6). The summed E-state index contributed by atoms with van der Waals surface area (Å²) in [6, 6.07) is 0. The second-order valence-corrected chi connectivity index (χ2v) is 3.74. The Morgan fingerprint density at radius 2 is 1.63 bits per heavy atom. The average molecular weight is 272 g/mol. The van der Waals surface area contributed by atoms with Crippen molar-refractivity contribution in [1.82, 2.24) is 0 Å². The van der Waals surface area contributed by atoms with E-state index >= 15 is 0 Å². The van der Waals surface area contributed by atoms with Crippen molar-refractivity contribution < 1.29 is 29.3 Å². The van der Waals surface area contributed by atoms with Crippen LogP contribution in [0.5, 0.6) is 0 Å². The van der Waals surface area contributed by atoms with Crippen LogP contribution >= 0.6 is 0 Å². The van der Waals surface area contributed by atoms with E-state index in [1.165, 1.54) is 13.8 Å². The lowest BCUT2D eigenvalue weighted by atomic mass is 10.3. The van der Waals surface area contributed by atoms with Crippen LogP contribution in [0.25, 0.3) is 0 Å². The van der Waals surface area contributed by atoms with Gasteiger partial charge in [-0.15, -0.1) is 0 Å². The summed E-state index contributed by atoms with van der Waals surface area (Å²) < 4.78 is 4.72. The van der Waals surface area contributed by atoms with E-state index in [4.69, 9.17) is 14.9 Å². The molecule has 0 amide bonds. The topological polar surface area (TPSA) is 101 Å². The number of unbranched alkanes of at least 4 members (excludes halogenated alkanes) is 1. The number of hydrogen-bond acceptors (Lipinski definition) is 4. The number of aliphatic carboxylic acids is 2. The van der Waals surface area contributed by atoms with E-state index in [2.05, 4.69) is 6.58 Å². The molecule has 0 saturated heterocycles. The molecule has 0 aliphatic heterocycles. The van der Waals surface area contributed by atoms with E-state index < -0.39 is 17.9 Å². The summed E-state index contributed by atoms with van der Waals surface area (Å²) in [6.07, 6.45) is 2.72. The van der Waals surface area contributed by atoms with Gasteiger partial charge >= 0.3 is 17.9 Å². The average Bonchev–Trinajstić information content (AvgIpc) is 2.29. The van der Waals surface area contributed by atoms with Crippen molar-refractivity contribution in [1.29, 1.82) is 0 Å². The normalized spacial score (nSPS) is 9.95. The minimum Gasteiger partial charge on any atom is -0.478 e. The number of esters is 1. The third-order valence-corrected chi connectivity index (χ3v) is 1.78. The fourth-order valence-electron chi connectivity index (χ4n) is 0.597. The van der Waals surface area contributed by atoms with E-state index in [1.54, 1.807) is 0 Å². The largest absolute Gasteiger partial charge is 0.478 e. The molecule has 19 heavy (non-hydrogen) atoms. The zero-order valence-corrected chi connectivity index (χ0v) is 11.4. The molecule has 6 nitrogen and oxygen atoms in total. The van der Waals surface area contributed by atoms with Gasteiger partial charge in [0.05, 0.1) is 6.61 Å². The highest BCUT2D eigenvalue weighted by Crippen LogP contribution is 1.95. The molecule has 0 fully saturated rings. The van der Waals surface area contributed by atoms with Crippen LogP contribution in [0.1, 0.15) is 33.6 Å². The molecule has 6 heteroatoms. The van der Waals surface area contributed by atoms with Gasteiger partial charge in [0.25, 0.3) is 0 Å². The highest BCUT2D eigenvalue weighted by molar-refractivity contribution is 5.94. The highest BCUT2D eigenvalue weighted by Gasteiger charge is 2.04. The van der Waals surface area contributed by atoms with Gasteiger partial charge in [0.15, 0.2) is 0 Å². The molecule has 0 saturated carbocycles. The molecule has 0 spiro atoms. The Kier molecular flexibility index (Phi) is 11.1. The van der Waals surface area contributed by atoms with Gasteiger partial charge in [0.1, 0.15) is 0 Å². The smallest absolute Gasteiger partial charge is 0.331 e. The summed E-state index contributed by atoms with van der Waals surface area (Å²) in [5.74, 6) is -2.63. The van der Waals surface area contributed by atoms with Crippen molar-refractivity contribution >= 4 is 17.9 Å². The first-order valence-electron chi connectivity index (χ1n) is 5.69. The Morgan fingerprint density at radius 1 is 1.16 bits per heavy atom. The maximum Gasteiger partial charge on any atom is 0.331 e. The molecule has 0 radical (unpaired) electrons. The number of ether oxygens (including phenoxy) is 1. The molecular weight excluding hydrogens is 252 g/mol. The maximum absolute atomic E-state index is 10.9. The molecule has 0 atom stereocenters. The lowest BCUT2D eigenvalue weighted by Crippen LogP contribution is -2.05. The van der Waals surface area contributed by atoms with Crippen molar-refractivity contribution in [2.24, 2.45) is 0 Å². The summed E-state index contributed by atoms with van der Waals surface area (Å²) in [4.78, 5) is 30.8. The van der Waals surface area contributed by atoms with Gasteiger partial charge in [-0.05, 0) is 20.3 Å². The molecule has 0 heterocycles. The molecule has 0 unspecified atom stereocenters. The van der Waals surface area contributed by atoms with Crippen LogP contribution in [-0.4, -0.2) is 34.7 Å². The number of carboxylic acid groups (broad SMARTS) is 2. The molecule has 0 aromatic rings. The predicted molar refractivity (Wildman–Crippen MR) is 69.7 cm³/mol. The van der Waals surface area contributed by atoms with Gasteiger partial charge in [0.2, 0.25) is 0 Å². The van der Waals surface area contributed by atoms with Crippen molar-refractivity contribution in [3.8, 4) is 0 Å². The fourth-order valence-corrected chi connectivity index (χ4v) is 0.597. The van der Waals surface area contributed by atoms with Crippen LogP contribution in [0.15, 0.2) is 23.8 Å². The highest BCUT2D eigenvalue weighted by atomic mass is 16.5. The number of hydrogen-bond donors (Lipinski definition) is 2. The third-order valence-electron chi connectivity index (χ3n) is 1.78. The molecule has 0 rings (SSSR count). The van der Waals surface area contributed by atoms with E-state index in [0.717, 1.165) is 18.9 Å². The van der Waals surface area contributed by atoms with Crippen molar-refractivity contribution in [2.75, 3.05) is 6.61 Å². The quantitative estimate of drug-likeness (QED) is 0.435. The minimum absolute atomic E-state index is 0.0125. The van der Waals surface area contributed by atoms with Gasteiger partial charge < -0.3 is 14.9 Å². The Morgan fingerprint density at radius 3 is 1.95 bits per heavy atom. The van der Waals surface area contributed by atoms with Crippen LogP contribution in [0, 0.1) is 0 Å². The Hall–Kier alpha value is -2.11. The summed E-state index contributed by atoms with van der Waals surface area (Å²) >= 11 is 0. The Balaban J connectivity index is 0. The minimum atomic E-state index is -1.10. The predicted octanol–water partition coefficient (Wildman–Crippen LogP) is 2.01. The second kappa shape index (κ2) is 11.0. The van der Waals surface area contributed by atoms with Gasteiger partial charge in [-0.25, -0.2) is 14.4 Å². The zero-order chi connectivity index (χ0) is 15.4. The number of carboxylic acids is 2. The lowest BCUT2D eigenvalue weighted by molar-refractivity contribution is -0.139.